The summed E-state index contributed by atoms with van der Waals surface area (Å²) < 4.78 is 1.91. The molecule has 1 N–H and O–H groups in total. The van der Waals surface area contributed by atoms with Crippen LogP contribution in [0.1, 0.15) is 36.8 Å². The Labute approximate surface area is 126 Å². The number of hydrogen-bond acceptors (Lipinski definition) is 2. The highest BCUT2D eigenvalue weighted by Crippen LogP contribution is 2.32. The normalized spacial score (nSPS) is 12.7. The second-order valence-corrected chi connectivity index (χ2v) is 5.59. The van der Waals surface area contributed by atoms with Crippen molar-refractivity contribution in [1.82, 2.24) is 15.1 Å². The minimum atomic E-state index is 0.262. The number of nitrogens with zero attached hydrogens (tertiary/aromatic N) is 2. The Balaban J connectivity index is 2.43. The molecule has 0 amide bonds. The third-order valence-electron chi connectivity index (χ3n) is 3.77. The molecule has 0 radical (unpaired) electrons. The van der Waals surface area contributed by atoms with Gasteiger partial charge in [-0.1, -0.05) is 30.7 Å². The van der Waals surface area contributed by atoms with Crippen LogP contribution in [0.2, 0.25) is 5.02 Å². The molecular weight excluding hydrogens is 270 g/mol. The largest absolute Gasteiger partial charge is 0.310 e. The van der Waals surface area contributed by atoms with Crippen LogP contribution in [-0.4, -0.2) is 16.3 Å². The summed E-state index contributed by atoms with van der Waals surface area (Å²) in [4.78, 5) is 0. The van der Waals surface area contributed by atoms with Crippen LogP contribution in [0.4, 0.5) is 0 Å². The molecule has 0 aliphatic rings. The van der Waals surface area contributed by atoms with Crippen LogP contribution in [0, 0.1) is 13.8 Å². The van der Waals surface area contributed by atoms with E-state index in [0.29, 0.717) is 0 Å². The van der Waals surface area contributed by atoms with Crippen molar-refractivity contribution < 1.29 is 0 Å². The fraction of sp³-hybridized carbons (Fsp3) is 0.438. The van der Waals surface area contributed by atoms with Gasteiger partial charge in [0.05, 0.1) is 5.69 Å². The van der Waals surface area contributed by atoms with Crippen molar-refractivity contribution in [3.05, 3.63) is 40.2 Å². The maximum absolute atomic E-state index is 6.45. The SMILES string of the molecule is CCNC(C)c1ccc(-c2c(C)nn(C)c2C)cc1Cl. The minimum absolute atomic E-state index is 0.262. The molecule has 0 bridgehead atoms. The van der Waals surface area contributed by atoms with Gasteiger partial charge < -0.3 is 5.32 Å². The minimum Gasteiger partial charge on any atom is -0.310 e. The zero-order chi connectivity index (χ0) is 14.9. The first kappa shape index (κ1) is 15.1. The molecule has 1 unspecified atom stereocenters. The van der Waals surface area contributed by atoms with Crippen molar-refractivity contribution in [2.45, 2.75) is 33.7 Å². The van der Waals surface area contributed by atoms with Crippen LogP contribution in [0.5, 0.6) is 0 Å². The van der Waals surface area contributed by atoms with Crippen molar-refractivity contribution in [3.63, 3.8) is 0 Å². The number of halogens is 1. The lowest BCUT2D eigenvalue weighted by atomic mass is 10.00. The fourth-order valence-electron chi connectivity index (χ4n) is 2.64. The van der Waals surface area contributed by atoms with E-state index in [1.807, 2.05) is 24.7 Å². The molecule has 2 aromatic rings. The van der Waals surface area contributed by atoms with E-state index in [4.69, 9.17) is 11.6 Å². The molecule has 1 aromatic carbocycles. The number of nitrogens with one attached hydrogen (secondary N) is 1. The van der Waals surface area contributed by atoms with Gasteiger partial charge in [-0.3, -0.25) is 4.68 Å². The molecule has 0 fully saturated rings. The molecule has 1 heterocycles. The second-order valence-electron chi connectivity index (χ2n) is 5.19. The highest BCUT2D eigenvalue weighted by molar-refractivity contribution is 6.31. The van der Waals surface area contributed by atoms with Gasteiger partial charge in [-0.15, -0.1) is 0 Å². The van der Waals surface area contributed by atoms with Crippen LogP contribution in [-0.2, 0) is 7.05 Å². The van der Waals surface area contributed by atoms with Gasteiger partial charge in [0.2, 0.25) is 0 Å². The molecule has 4 heteroatoms. The molecule has 1 atom stereocenters. The molecular formula is C16H22ClN3. The summed E-state index contributed by atoms with van der Waals surface area (Å²) in [7, 11) is 1.97. The third-order valence-corrected chi connectivity index (χ3v) is 4.10. The Bertz CT molecular complexity index is 616. The Morgan fingerprint density at radius 2 is 2.05 bits per heavy atom. The molecule has 20 heavy (non-hydrogen) atoms. The van der Waals surface area contributed by atoms with E-state index < -0.39 is 0 Å². The lowest BCUT2D eigenvalue weighted by molar-refractivity contribution is 0.598. The molecule has 0 aliphatic heterocycles. The number of aryl methyl sites for hydroxylation is 2. The van der Waals surface area contributed by atoms with Crippen LogP contribution in [0.15, 0.2) is 18.2 Å². The summed E-state index contributed by atoms with van der Waals surface area (Å²) in [5, 5.41) is 8.66. The Morgan fingerprint density at radius 1 is 1.35 bits per heavy atom. The van der Waals surface area contributed by atoms with Crippen molar-refractivity contribution in [1.29, 1.82) is 0 Å². The summed E-state index contributed by atoms with van der Waals surface area (Å²) in [6.45, 7) is 9.27. The maximum Gasteiger partial charge on any atom is 0.0674 e. The van der Waals surface area contributed by atoms with Gasteiger partial charge in [0.15, 0.2) is 0 Å². The predicted octanol–water partition coefficient (Wildman–Crippen LogP) is 4.03. The van der Waals surface area contributed by atoms with Crippen LogP contribution >= 0.6 is 11.6 Å². The fourth-order valence-corrected chi connectivity index (χ4v) is 2.99. The Hall–Kier alpha value is -1.32. The van der Waals surface area contributed by atoms with Crippen LogP contribution in [0.25, 0.3) is 11.1 Å². The smallest absolute Gasteiger partial charge is 0.0674 e. The molecule has 1 aromatic heterocycles. The monoisotopic (exact) mass is 291 g/mol. The van der Waals surface area contributed by atoms with E-state index in [-0.39, 0.29) is 6.04 Å². The Kier molecular flexibility index (Phi) is 4.51. The highest BCUT2D eigenvalue weighted by atomic mass is 35.5. The van der Waals surface area contributed by atoms with Gasteiger partial charge in [0.25, 0.3) is 0 Å². The average molecular weight is 292 g/mol. The van der Waals surface area contributed by atoms with Gasteiger partial charge >= 0.3 is 0 Å². The standard InChI is InChI=1S/C16H22ClN3/c1-6-18-10(2)14-8-7-13(9-15(14)17)16-11(3)19-20(5)12(16)4/h7-10,18H,6H2,1-5H3. The van der Waals surface area contributed by atoms with Gasteiger partial charge in [-0.05, 0) is 44.5 Å². The van der Waals surface area contributed by atoms with E-state index in [9.17, 15) is 0 Å². The Morgan fingerprint density at radius 3 is 2.55 bits per heavy atom. The van der Waals surface area contributed by atoms with Crippen molar-refractivity contribution in [2.24, 2.45) is 7.05 Å². The molecule has 0 spiro atoms. The zero-order valence-electron chi connectivity index (χ0n) is 12.8. The maximum atomic E-state index is 6.45. The lowest BCUT2D eigenvalue weighted by Gasteiger charge is -2.15. The van der Waals surface area contributed by atoms with Crippen LogP contribution in [0.3, 0.4) is 0 Å². The highest BCUT2D eigenvalue weighted by Gasteiger charge is 2.14. The average Bonchev–Trinajstić information content (AvgIpc) is 2.63. The van der Waals surface area contributed by atoms with E-state index in [0.717, 1.165) is 34.1 Å². The first-order valence-corrected chi connectivity index (χ1v) is 7.36. The second kappa shape index (κ2) is 5.98. The number of benzene rings is 1. The van der Waals surface area contributed by atoms with Gasteiger partial charge in [0, 0.05) is 29.4 Å². The summed E-state index contributed by atoms with van der Waals surface area (Å²) in [5.74, 6) is 0. The zero-order valence-corrected chi connectivity index (χ0v) is 13.5. The van der Waals surface area contributed by atoms with Crippen molar-refractivity contribution >= 4 is 11.6 Å². The number of aromatic nitrogens is 2. The lowest BCUT2D eigenvalue weighted by Crippen LogP contribution is -2.17. The molecule has 0 saturated carbocycles. The summed E-state index contributed by atoms with van der Waals surface area (Å²) in [5.41, 5.74) is 5.64. The molecule has 0 saturated heterocycles. The van der Waals surface area contributed by atoms with Crippen molar-refractivity contribution in [2.75, 3.05) is 6.54 Å². The first-order chi connectivity index (χ1) is 9.45. The third kappa shape index (κ3) is 2.74. The topological polar surface area (TPSA) is 29.9 Å². The number of rotatable bonds is 4. The van der Waals surface area contributed by atoms with Crippen molar-refractivity contribution in [3.8, 4) is 11.1 Å². The van der Waals surface area contributed by atoms with Gasteiger partial charge in [-0.25, -0.2) is 0 Å². The first-order valence-electron chi connectivity index (χ1n) is 6.99. The van der Waals surface area contributed by atoms with E-state index in [1.165, 1.54) is 5.56 Å². The predicted molar refractivity (Wildman–Crippen MR) is 85.2 cm³/mol. The molecule has 0 aliphatic carbocycles. The molecule has 2 rings (SSSR count). The van der Waals surface area contributed by atoms with Gasteiger partial charge in [-0.2, -0.15) is 5.10 Å². The summed E-state index contributed by atoms with van der Waals surface area (Å²) in [6.07, 6.45) is 0. The quantitative estimate of drug-likeness (QED) is 0.922. The van der Waals surface area contributed by atoms with E-state index >= 15 is 0 Å². The summed E-state index contributed by atoms with van der Waals surface area (Å²) in [6, 6.07) is 6.54. The van der Waals surface area contributed by atoms with Gasteiger partial charge in [0.1, 0.15) is 0 Å². The van der Waals surface area contributed by atoms with E-state index in [2.05, 4.69) is 43.3 Å². The number of hydrogen-bond donors (Lipinski definition) is 1. The molecule has 108 valence electrons. The summed E-state index contributed by atoms with van der Waals surface area (Å²) >= 11 is 6.45. The van der Waals surface area contributed by atoms with Crippen LogP contribution < -0.4 is 5.32 Å². The van der Waals surface area contributed by atoms with E-state index in [1.54, 1.807) is 0 Å². The molecule has 3 nitrogen and oxygen atoms in total.